The largest absolute Gasteiger partial charge is 0.508 e. The smallest absolute Gasteiger partial charge is 0.235 e. The fourth-order valence-corrected chi connectivity index (χ4v) is 3.60. The van der Waals surface area contributed by atoms with Crippen molar-refractivity contribution in [1.29, 1.82) is 0 Å². The molecule has 1 aliphatic rings. The summed E-state index contributed by atoms with van der Waals surface area (Å²) in [6.07, 6.45) is 7.55. The van der Waals surface area contributed by atoms with E-state index in [9.17, 15) is 5.11 Å². The third-order valence-electron chi connectivity index (χ3n) is 5.73. The normalized spacial score (nSPS) is 14.9. The van der Waals surface area contributed by atoms with E-state index in [1.807, 2.05) is 50.3 Å². The van der Waals surface area contributed by atoms with Crippen LogP contribution in [0.5, 0.6) is 5.75 Å². The van der Waals surface area contributed by atoms with Crippen molar-refractivity contribution in [2.24, 2.45) is 0 Å². The SMILES string of the molecule is C=C/C=C\C(=C\C)c1cc(Nc2nc(Nc3ccc(C)c(O)c3)nc(N3CCN(C)CC3)n2)n[nH]1. The Balaban J connectivity index is 1.62. The molecular formula is C25H31N9O. The third-order valence-corrected chi connectivity index (χ3v) is 5.73. The lowest BCUT2D eigenvalue weighted by atomic mass is 10.1. The molecule has 1 saturated heterocycles. The molecule has 10 nitrogen and oxygen atoms in total. The topological polar surface area (TPSA) is 118 Å². The molecule has 2 aromatic heterocycles. The van der Waals surface area contributed by atoms with E-state index in [0.717, 1.165) is 43.0 Å². The second kappa shape index (κ2) is 10.8. The number of hydrogen-bond donors (Lipinski definition) is 4. The molecule has 10 heteroatoms. The van der Waals surface area contributed by atoms with Gasteiger partial charge in [-0.05, 0) is 38.1 Å². The first kappa shape index (κ1) is 24.0. The van der Waals surface area contributed by atoms with Gasteiger partial charge >= 0.3 is 0 Å². The minimum atomic E-state index is 0.205. The van der Waals surface area contributed by atoms with E-state index < -0.39 is 0 Å². The van der Waals surface area contributed by atoms with Gasteiger partial charge in [-0.1, -0.05) is 36.9 Å². The number of nitrogens with zero attached hydrogens (tertiary/aromatic N) is 6. The minimum absolute atomic E-state index is 0.205. The standard InChI is InChI=1S/C25H31N9O/c1-5-7-8-18(6-2)20-16-22(32-31-20)27-24-28-23(26-19-10-9-17(3)21(35)15-19)29-25(30-24)34-13-11-33(4)12-14-34/h5-10,15-16,35H,1,11-14H2,2-4H3,(H3,26,27,28,29,30,31,32)/b8-7-,18-6-. The van der Waals surface area contributed by atoms with Gasteiger partial charge in [0.15, 0.2) is 5.82 Å². The van der Waals surface area contributed by atoms with Crippen molar-refractivity contribution < 1.29 is 5.11 Å². The molecule has 0 spiro atoms. The van der Waals surface area contributed by atoms with Crippen LogP contribution >= 0.6 is 0 Å². The lowest BCUT2D eigenvalue weighted by Crippen LogP contribution is -2.45. The number of likely N-dealkylation sites (N-methyl/N-ethyl adjacent to an activating group) is 1. The van der Waals surface area contributed by atoms with Crippen LogP contribution in [0, 0.1) is 6.92 Å². The van der Waals surface area contributed by atoms with E-state index in [4.69, 9.17) is 0 Å². The molecule has 0 saturated carbocycles. The summed E-state index contributed by atoms with van der Waals surface area (Å²) in [6.45, 7) is 11.0. The first-order valence-electron chi connectivity index (χ1n) is 11.5. The Morgan fingerprint density at radius 1 is 1.09 bits per heavy atom. The molecular weight excluding hydrogens is 442 g/mol. The molecule has 1 aliphatic heterocycles. The molecule has 0 bridgehead atoms. The van der Waals surface area contributed by atoms with Gasteiger partial charge in [-0.25, -0.2) is 0 Å². The molecule has 0 atom stereocenters. The van der Waals surface area contributed by atoms with E-state index in [2.05, 4.69) is 59.2 Å². The second-order valence-electron chi connectivity index (χ2n) is 8.33. The highest BCUT2D eigenvalue weighted by Gasteiger charge is 2.19. The molecule has 4 rings (SSSR count). The Morgan fingerprint density at radius 2 is 1.83 bits per heavy atom. The van der Waals surface area contributed by atoms with Crippen molar-refractivity contribution in [1.82, 2.24) is 30.0 Å². The lowest BCUT2D eigenvalue weighted by molar-refractivity contribution is 0.311. The maximum Gasteiger partial charge on any atom is 0.235 e. The monoisotopic (exact) mass is 473 g/mol. The van der Waals surface area contributed by atoms with Crippen LogP contribution < -0.4 is 15.5 Å². The van der Waals surface area contributed by atoms with E-state index >= 15 is 0 Å². The number of H-pyrrole nitrogens is 1. The zero-order valence-electron chi connectivity index (χ0n) is 20.3. The van der Waals surface area contributed by atoms with E-state index in [1.54, 1.807) is 12.1 Å². The number of phenolic OH excluding ortho intramolecular Hbond substituents is 1. The highest BCUT2D eigenvalue weighted by Crippen LogP contribution is 2.25. The number of benzene rings is 1. The van der Waals surface area contributed by atoms with Gasteiger partial charge < -0.3 is 25.5 Å². The summed E-state index contributed by atoms with van der Waals surface area (Å²) in [4.78, 5) is 18.3. The van der Waals surface area contributed by atoms with Gasteiger partial charge in [-0.15, -0.1) is 0 Å². The number of aromatic nitrogens is 5. The zero-order valence-corrected chi connectivity index (χ0v) is 20.3. The average Bonchev–Trinajstić information content (AvgIpc) is 3.30. The maximum atomic E-state index is 10.1. The molecule has 3 heterocycles. The molecule has 1 aromatic carbocycles. The first-order chi connectivity index (χ1) is 16.9. The molecule has 0 amide bonds. The molecule has 1 fully saturated rings. The van der Waals surface area contributed by atoms with Crippen LogP contribution in [0.4, 0.5) is 29.4 Å². The summed E-state index contributed by atoms with van der Waals surface area (Å²) in [5.74, 6) is 2.11. The summed E-state index contributed by atoms with van der Waals surface area (Å²) in [6, 6.07) is 7.26. The summed E-state index contributed by atoms with van der Waals surface area (Å²) in [5, 5.41) is 23.9. The number of rotatable bonds is 8. The van der Waals surface area contributed by atoms with Crippen molar-refractivity contribution in [2.45, 2.75) is 13.8 Å². The average molecular weight is 474 g/mol. The second-order valence-corrected chi connectivity index (χ2v) is 8.33. The van der Waals surface area contributed by atoms with E-state index in [-0.39, 0.29) is 5.75 Å². The number of aryl methyl sites for hydroxylation is 1. The first-order valence-corrected chi connectivity index (χ1v) is 11.5. The van der Waals surface area contributed by atoms with Gasteiger partial charge in [-0.3, -0.25) is 5.10 Å². The minimum Gasteiger partial charge on any atom is -0.508 e. The summed E-state index contributed by atoms with van der Waals surface area (Å²) in [7, 11) is 2.10. The summed E-state index contributed by atoms with van der Waals surface area (Å²) < 4.78 is 0. The number of anilines is 5. The van der Waals surface area contributed by atoms with Gasteiger partial charge in [0.1, 0.15) is 5.75 Å². The van der Waals surface area contributed by atoms with Crippen LogP contribution in [0.3, 0.4) is 0 Å². The van der Waals surface area contributed by atoms with E-state index in [0.29, 0.717) is 29.4 Å². The Hall–Kier alpha value is -4.18. The fourth-order valence-electron chi connectivity index (χ4n) is 3.60. The molecule has 0 unspecified atom stereocenters. The van der Waals surface area contributed by atoms with E-state index in [1.165, 1.54) is 0 Å². The predicted molar refractivity (Wildman–Crippen MR) is 141 cm³/mol. The van der Waals surface area contributed by atoms with Crippen LogP contribution in [0.2, 0.25) is 0 Å². The van der Waals surface area contributed by atoms with Gasteiger partial charge in [0.05, 0.1) is 5.69 Å². The van der Waals surface area contributed by atoms with Gasteiger partial charge in [-0.2, -0.15) is 20.1 Å². The van der Waals surface area contributed by atoms with Crippen molar-refractivity contribution in [3.8, 4) is 5.75 Å². The fraction of sp³-hybridized carbons (Fsp3) is 0.280. The number of allylic oxidation sites excluding steroid dienone is 5. The Bertz CT molecular complexity index is 1240. The third kappa shape index (κ3) is 6.04. The predicted octanol–water partition coefficient (Wildman–Crippen LogP) is 3.99. The molecule has 4 N–H and O–H groups in total. The summed E-state index contributed by atoms with van der Waals surface area (Å²) >= 11 is 0. The molecule has 182 valence electrons. The van der Waals surface area contributed by atoms with Crippen LogP contribution in [0.25, 0.3) is 5.57 Å². The molecule has 35 heavy (non-hydrogen) atoms. The number of piperazine rings is 1. The molecule has 3 aromatic rings. The Labute approximate surface area is 205 Å². The highest BCUT2D eigenvalue weighted by atomic mass is 16.3. The Morgan fingerprint density at radius 3 is 2.51 bits per heavy atom. The van der Waals surface area contributed by atoms with Crippen molar-refractivity contribution in [2.75, 3.05) is 48.8 Å². The van der Waals surface area contributed by atoms with Crippen LogP contribution in [0.1, 0.15) is 18.2 Å². The number of aromatic hydroxyl groups is 1. The molecule has 0 aliphatic carbocycles. The highest BCUT2D eigenvalue weighted by molar-refractivity contribution is 5.73. The number of nitrogens with one attached hydrogen (secondary N) is 3. The quantitative estimate of drug-likeness (QED) is 0.360. The number of phenols is 1. The van der Waals surface area contributed by atoms with Crippen molar-refractivity contribution >= 4 is 34.9 Å². The van der Waals surface area contributed by atoms with Crippen LogP contribution in [0.15, 0.2) is 55.1 Å². The molecule has 0 radical (unpaired) electrons. The lowest BCUT2D eigenvalue weighted by Gasteiger charge is -2.32. The Kier molecular flexibility index (Phi) is 7.41. The van der Waals surface area contributed by atoms with Crippen molar-refractivity contribution in [3.63, 3.8) is 0 Å². The van der Waals surface area contributed by atoms with Gasteiger partial charge in [0, 0.05) is 44.0 Å². The summed E-state index contributed by atoms with van der Waals surface area (Å²) in [5.41, 5.74) is 3.32. The van der Waals surface area contributed by atoms with Crippen molar-refractivity contribution in [3.05, 3.63) is 66.4 Å². The maximum absolute atomic E-state index is 10.1. The number of hydrogen-bond acceptors (Lipinski definition) is 9. The van der Waals surface area contributed by atoms with Crippen LogP contribution in [-0.2, 0) is 0 Å². The van der Waals surface area contributed by atoms with Gasteiger partial charge in [0.25, 0.3) is 0 Å². The zero-order chi connectivity index (χ0) is 24.8. The van der Waals surface area contributed by atoms with Crippen LogP contribution in [-0.4, -0.2) is 68.4 Å². The number of aromatic amines is 1. The van der Waals surface area contributed by atoms with Gasteiger partial charge in [0.2, 0.25) is 17.8 Å².